The summed E-state index contributed by atoms with van der Waals surface area (Å²) in [4.78, 5) is 11.0. The van der Waals surface area contributed by atoms with Gasteiger partial charge in [0.15, 0.2) is 0 Å². The zero-order valence-electron chi connectivity index (χ0n) is 16.2. The Balaban J connectivity index is 1.56. The second-order valence-electron chi connectivity index (χ2n) is 7.86. The van der Waals surface area contributed by atoms with Crippen LogP contribution in [0.3, 0.4) is 0 Å². The number of carboxylic acids is 1. The van der Waals surface area contributed by atoms with Crippen LogP contribution >= 0.6 is 0 Å². The van der Waals surface area contributed by atoms with Gasteiger partial charge in [0.25, 0.3) is 0 Å². The number of carboxylic acid groups (broad SMARTS) is 1. The molecule has 1 unspecified atom stereocenters. The average molecular weight is 372 g/mol. The molecule has 0 aliphatic carbocycles. The fourth-order valence-corrected chi connectivity index (χ4v) is 3.91. The number of benzene rings is 3. The highest BCUT2D eigenvalue weighted by Crippen LogP contribution is 2.37. The fourth-order valence-electron chi connectivity index (χ4n) is 3.91. The van der Waals surface area contributed by atoms with Crippen LogP contribution in [0.25, 0.3) is 11.1 Å². The van der Waals surface area contributed by atoms with E-state index in [1.54, 1.807) is 12.1 Å². The van der Waals surface area contributed by atoms with Gasteiger partial charge in [-0.1, -0.05) is 42.5 Å². The Labute approximate surface area is 165 Å². The van der Waals surface area contributed by atoms with Crippen molar-refractivity contribution in [2.24, 2.45) is 0 Å². The smallest absolute Gasteiger partial charge is 0.335 e. The maximum absolute atomic E-state index is 11.0. The van der Waals surface area contributed by atoms with E-state index in [1.165, 1.54) is 16.7 Å². The van der Waals surface area contributed by atoms with Crippen molar-refractivity contribution in [3.8, 4) is 16.9 Å². The van der Waals surface area contributed by atoms with E-state index in [-0.39, 0.29) is 5.60 Å². The van der Waals surface area contributed by atoms with Crippen LogP contribution < -0.4 is 4.74 Å². The Morgan fingerprint density at radius 3 is 2.46 bits per heavy atom. The Bertz CT molecular complexity index is 1020. The van der Waals surface area contributed by atoms with E-state index >= 15 is 0 Å². The van der Waals surface area contributed by atoms with Gasteiger partial charge in [0.05, 0.1) is 5.56 Å². The monoisotopic (exact) mass is 372 g/mol. The maximum Gasteiger partial charge on any atom is 0.335 e. The molecule has 0 bridgehead atoms. The van der Waals surface area contributed by atoms with Crippen molar-refractivity contribution in [3.05, 3.63) is 89.0 Å². The van der Waals surface area contributed by atoms with Crippen LogP contribution in [-0.4, -0.2) is 16.7 Å². The van der Waals surface area contributed by atoms with Crippen LogP contribution in [0.1, 0.15) is 40.4 Å². The molecule has 0 aromatic heterocycles. The van der Waals surface area contributed by atoms with Gasteiger partial charge in [0.2, 0.25) is 0 Å². The SMILES string of the molecule is Cc1ccccc1CC1(C)CCc2cc(-c3ccc(C(=O)O)cc3)ccc2O1. The zero-order chi connectivity index (χ0) is 19.7. The number of hydrogen-bond donors (Lipinski definition) is 1. The van der Waals surface area contributed by atoms with Crippen LogP contribution in [-0.2, 0) is 12.8 Å². The van der Waals surface area contributed by atoms with E-state index in [9.17, 15) is 4.79 Å². The Hall–Kier alpha value is -3.07. The molecule has 3 nitrogen and oxygen atoms in total. The molecular formula is C25H24O3. The number of fused-ring (bicyclic) bond motifs is 1. The third-order valence-corrected chi connectivity index (χ3v) is 5.63. The van der Waals surface area contributed by atoms with E-state index in [4.69, 9.17) is 9.84 Å². The minimum atomic E-state index is -0.904. The molecule has 3 heteroatoms. The molecular weight excluding hydrogens is 348 g/mol. The molecule has 0 spiro atoms. The van der Waals surface area contributed by atoms with Crippen molar-refractivity contribution in [1.82, 2.24) is 0 Å². The summed E-state index contributed by atoms with van der Waals surface area (Å²) >= 11 is 0. The second-order valence-corrected chi connectivity index (χ2v) is 7.86. The number of rotatable bonds is 4. The first-order chi connectivity index (χ1) is 13.4. The highest BCUT2D eigenvalue weighted by Gasteiger charge is 2.32. The number of carbonyl (C=O) groups is 1. The van der Waals surface area contributed by atoms with Gasteiger partial charge in [-0.15, -0.1) is 0 Å². The predicted molar refractivity (Wildman–Crippen MR) is 111 cm³/mol. The standard InChI is InChI=1S/C25H24O3/c1-17-5-3-4-6-22(17)16-25(2)14-13-21-15-20(11-12-23(21)28-25)18-7-9-19(10-8-18)24(26)27/h3-12,15H,13-14,16H2,1-2H3,(H,26,27). The van der Waals surface area contributed by atoms with E-state index in [2.05, 4.69) is 44.2 Å². The minimum Gasteiger partial charge on any atom is -0.487 e. The summed E-state index contributed by atoms with van der Waals surface area (Å²) in [6.07, 6.45) is 2.84. The number of aromatic carboxylic acids is 1. The number of aryl methyl sites for hydroxylation is 2. The van der Waals surface area contributed by atoms with Crippen molar-refractivity contribution in [3.63, 3.8) is 0 Å². The van der Waals surface area contributed by atoms with Crippen molar-refractivity contribution >= 4 is 5.97 Å². The topological polar surface area (TPSA) is 46.5 Å². The van der Waals surface area contributed by atoms with Gasteiger partial charge in [-0.3, -0.25) is 0 Å². The third-order valence-electron chi connectivity index (χ3n) is 5.63. The molecule has 3 aromatic rings. The molecule has 1 heterocycles. The third kappa shape index (κ3) is 3.65. The first-order valence-corrected chi connectivity index (χ1v) is 9.64. The summed E-state index contributed by atoms with van der Waals surface area (Å²) < 4.78 is 6.44. The quantitative estimate of drug-likeness (QED) is 0.640. The van der Waals surface area contributed by atoms with E-state index in [0.29, 0.717) is 5.56 Å². The molecule has 0 radical (unpaired) electrons. The van der Waals surface area contributed by atoms with Crippen molar-refractivity contribution in [2.45, 2.75) is 38.7 Å². The second kappa shape index (κ2) is 7.16. The summed E-state index contributed by atoms with van der Waals surface area (Å²) in [5.74, 6) is 0.0477. The van der Waals surface area contributed by atoms with Crippen molar-refractivity contribution in [2.75, 3.05) is 0 Å². The van der Waals surface area contributed by atoms with Gasteiger partial charge >= 0.3 is 5.97 Å². The molecule has 28 heavy (non-hydrogen) atoms. The number of hydrogen-bond acceptors (Lipinski definition) is 2. The lowest BCUT2D eigenvalue weighted by Gasteiger charge is -2.36. The molecule has 0 saturated heterocycles. The zero-order valence-corrected chi connectivity index (χ0v) is 16.2. The number of ether oxygens (including phenoxy) is 1. The molecule has 0 saturated carbocycles. The van der Waals surface area contributed by atoms with Crippen LogP contribution in [0, 0.1) is 6.92 Å². The largest absolute Gasteiger partial charge is 0.487 e. The van der Waals surface area contributed by atoms with E-state index in [0.717, 1.165) is 36.1 Å². The summed E-state index contributed by atoms with van der Waals surface area (Å²) in [5, 5.41) is 9.06. The van der Waals surface area contributed by atoms with Gasteiger partial charge in [-0.25, -0.2) is 4.79 Å². The Kier molecular flexibility index (Phi) is 4.68. The highest BCUT2D eigenvalue weighted by molar-refractivity contribution is 5.88. The summed E-state index contributed by atoms with van der Waals surface area (Å²) in [6.45, 7) is 4.35. The first-order valence-electron chi connectivity index (χ1n) is 9.64. The normalized spacial score (nSPS) is 18.2. The highest BCUT2D eigenvalue weighted by atomic mass is 16.5. The van der Waals surface area contributed by atoms with Crippen LogP contribution in [0.2, 0.25) is 0 Å². The summed E-state index contributed by atoms with van der Waals surface area (Å²) in [7, 11) is 0. The Morgan fingerprint density at radius 1 is 1.04 bits per heavy atom. The lowest BCUT2D eigenvalue weighted by Crippen LogP contribution is -2.38. The lowest BCUT2D eigenvalue weighted by molar-refractivity contribution is 0.0652. The predicted octanol–water partition coefficient (Wildman–Crippen LogP) is 5.69. The minimum absolute atomic E-state index is 0.205. The molecule has 4 rings (SSSR count). The van der Waals surface area contributed by atoms with Crippen LogP contribution in [0.5, 0.6) is 5.75 Å². The fraction of sp³-hybridized carbons (Fsp3) is 0.240. The first kappa shape index (κ1) is 18.3. The van der Waals surface area contributed by atoms with Gasteiger partial charge in [-0.05, 0) is 78.8 Å². The lowest BCUT2D eigenvalue weighted by atomic mass is 9.85. The van der Waals surface area contributed by atoms with Crippen LogP contribution in [0.4, 0.5) is 0 Å². The summed E-state index contributed by atoms with van der Waals surface area (Å²) in [6, 6.07) is 21.8. The molecule has 1 atom stereocenters. The van der Waals surface area contributed by atoms with Crippen molar-refractivity contribution in [1.29, 1.82) is 0 Å². The molecule has 0 amide bonds. The molecule has 3 aromatic carbocycles. The van der Waals surface area contributed by atoms with Gasteiger partial charge in [-0.2, -0.15) is 0 Å². The molecule has 1 N–H and O–H groups in total. The van der Waals surface area contributed by atoms with Gasteiger partial charge < -0.3 is 9.84 Å². The average Bonchev–Trinajstić information content (AvgIpc) is 2.69. The molecule has 1 aliphatic heterocycles. The van der Waals surface area contributed by atoms with Gasteiger partial charge in [0.1, 0.15) is 11.4 Å². The van der Waals surface area contributed by atoms with Crippen molar-refractivity contribution < 1.29 is 14.6 Å². The molecule has 1 aliphatic rings. The van der Waals surface area contributed by atoms with Gasteiger partial charge in [0, 0.05) is 6.42 Å². The van der Waals surface area contributed by atoms with E-state index in [1.807, 2.05) is 24.3 Å². The van der Waals surface area contributed by atoms with Crippen LogP contribution in [0.15, 0.2) is 66.7 Å². The molecule has 0 fully saturated rings. The molecule has 142 valence electrons. The maximum atomic E-state index is 11.0. The Morgan fingerprint density at radius 2 is 1.75 bits per heavy atom. The van der Waals surface area contributed by atoms with E-state index < -0.39 is 5.97 Å². The summed E-state index contributed by atoms with van der Waals surface area (Å²) in [5.41, 5.74) is 6.05.